The molecule has 3 unspecified atom stereocenters. The Kier molecular flexibility index (Phi) is 2.14. The molecule has 1 N–H and O–H groups in total. The minimum atomic E-state index is -0.0981. The maximum Gasteiger partial charge on any atom is 0.128 e. The van der Waals surface area contributed by atoms with E-state index in [0.717, 1.165) is 29.6 Å². The van der Waals surface area contributed by atoms with Crippen LogP contribution in [0, 0.1) is 24.6 Å². The fraction of sp³-hybridized carbons (Fsp3) is 0.600. The summed E-state index contributed by atoms with van der Waals surface area (Å²) in [4.78, 5) is 2.53. The molecular weight excluding hydrogens is 227 g/mol. The molecule has 2 aliphatic heterocycles. The number of halogens is 1. The molecule has 0 radical (unpaired) electrons. The van der Waals surface area contributed by atoms with E-state index in [1.54, 1.807) is 6.07 Å². The van der Waals surface area contributed by atoms with Crippen LogP contribution < -0.4 is 10.2 Å². The van der Waals surface area contributed by atoms with Crippen LogP contribution in [0.25, 0.3) is 0 Å². The first-order valence-corrected chi connectivity index (χ1v) is 7.04. The zero-order valence-electron chi connectivity index (χ0n) is 10.7. The van der Waals surface area contributed by atoms with Crippen LogP contribution in [0.5, 0.6) is 0 Å². The second kappa shape index (κ2) is 3.62. The third kappa shape index (κ3) is 1.33. The Balaban J connectivity index is 1.76. The van der Waals surface area contributed by atoms with E-state index in [4.69, 9.17) is 0 Å². The topological polar surface area (TPSA) is 15.3 Å². The van der Waals surface area contributed by atoms with E-state index in [-0.39, 0.29) is 5.82 Å². The third-order valence-electron chi connectivity index (χ3n) is 5.13. The van der Waals surface area contributed by atoms with Gasteiger partial charge >= 0.3 is 0 Å². The summed E-state index contributed by atoms with van der Waals surface area (Å²) in [5.41, 5.74) is 2.96. The quantitative estimate of drug-likeness (QED) is 0.756. The molecule has 1 aromatic carbocycles. The van der Waals surface area contributed by atoms with Crippen LogP contribution in [0.15, 0.2) is 12.1 Å². The van der Waals surface area contributed by atoms with Crippen LogP contribution in [0.2, 0.25) is 0 Å². The van der Waals surface area contributed by atoms with E-state index in [1.807, 2.05) is 13.0 Å². The molecule has 1 aliphatic carbocycles. The van der Waals surface area contributed by atoms with Crippen molar-refractivity contribution in [1.82, 2.24) is 0 Å². The molecule has 2 nitrogen and oxygen atoms in total. The Bertz CT molecular complexity index is 500. The van der Waals surface area contributed by atoms with Gasteiger partial charge in [-0.2, -0.15) is 0 Å². The minimum absolute atomic E-state index is 0.0981. The first-order chi connectivity index (χ1) is 8.74. The largest absolute Gasteiger partial charge is 0.381 e. The Morgan fingerprint density at radius 1 is 1.33 bits per heavy atom. The molecule has 1 aromatic rings. The van der Waals surface area contributed by atoms with Gasteiger partial charge in [0.15, 0.2) is 0 Å². The molecule has 0 bridgehead atoms. The molecule has 1 saturated heterocycles. The normalized spacial score (nSPS) is 32.8. The van der Waals surface area contributed by atoms with Gasteiger partial charge in [-0.15, -0.1) is 0 Å². The summed E-state index contributed by atoms with van der Waals surface area (Å²) >= 11 is 0. The van der Waals surface area contributed by atoms with Gasteiger partial charge in [0.1, 0.15) is 5.82 Å². The van der Waals surface area contributed by atoms with Gasteiger partial charge in [-0.1, -0.05) is 6.42 Å². The summed E-state index contributed by atoms with van der Waals surface area (Å²) in [5.74, 6) is 1.63. The molecule has 96 valence electrons. The van der Waals surface area contributed by atoms with Crippen LogP contribution in [-0.2, 0) is 0 Å². The number of rotatable bonds is 0. The molecule has 3 aliphatic rings. The van der Waals surface area contributed by atoms with E-state index in [9.17, 15) is 4.39 Å². The molecule has 2 fully saturated rings. The summed E-state index contributed by atoms with van der Waals surface area (Å²) < 4.78 is 13.6. The van der Waals surface area contributed by atoms with E-state index < -0.39 is 0 Å². The first-order valence-electron chi connectivity index (χ1n) is 7.04. The lowest BCUT2D eigenvalue weighted by Crippen LogP contribution is -2.42. The zero-order chi connectivity index (χ0) is 12.3. The van der Waals surface area contributed by atoms with Crippen LogP contribution >= 0.6 is 0 Å². The second-order valence-electron chi connectivity index (χ2n) is 6.07. The van der Waals surface area contributed by atoms with Crippen molar-refractivity contribution in [3.63, 3.8) is 0 Å². The van der Waals surface area contributed by atoms with Crippen LogP contribution in [-0.4, -0.2) is 19.1 Å². The summed E-state index contributed by atoms with van der Waals surface area (Å²) in [7, 11) is 0. The number of fused-ring (bicyclic) bond motifs is 5. The minimum Gasteiger partial charge on any atom is -0.381 e. The summed E-state index contributed by atoms with van der Waals surface area (Å²) in [6, 6.07) is 4.31. The summed E-state index contributed by atoms with van der Waals surface area (Å²) in [6.45, 7) is 4.02. The van der Waals surface area contributed by atoms with E-state index in [1.165, 1.54) is 31.5 Å². The molecule has 2 heterocycles. The van der Waals surface area contributed by atoms with Gasteiger partial charge in [0.25, 0.3) is 0 Å². The highest BCUT2D eigenvalue weighted by Crippen LogP contribution is 2.47. The number of aryl methyl sites for hydroxylation is 1. The van der Waals surface area contributed by atoms with Gasteiger partial charge in [0, 0.05) is 19.1 Å². The number of hydrogen-bond donors (Lipinski definition) is 1. The molecule has 3 atom stereocenters. The van der Waals surface area contributed by atoms with Crippen molar-refractivity contribution in [2.24, 2.45) is 11.8 Å². The lowest BCUT2D eigenvalue weighted by atomic mass is 9.93. The number of hydrogen-bond acceptors (Lipinski definition) is 2. The molecule has 18 heavy (non-hydrogen) atoms. The van der Waals surface area contributed by atoms with Crippen molar-refractivity contribution in [2.75, 3.05) is 23.3 Å². The van der Waals surface area contributed by atoms with Crippen LogP contribution in [0.3, 0.4) is 0 Å². The van der Waals surface area contributed by atoms with E-state index in [0.29, 0.717) is 6.04 Å². The molecule has 0 amide bonds. The average Bonchev–Trinajstić information content (AvgIpc) is 2.91. The second-order valence-corrected chi connectivity index (χ2v) is 6.07. The zero-order valence-corrected chi connectivity index (χ0v) is 10.7. The van der Waals surface area contributed by atoms with E-state index in [2.05, 4.69) is 10.2 Å². The SMILES string of the molecule is Cc1cc2c(cc1F)NCC1C3CCCC3CN21. The third-order valence-corrected chi connectivity index (χ3v) is 5.13. The van der Waals surface area contributed by atoms with Gasteiger partial charge in [0.05, 0.1) is 11.4 Å². The van der Waals surface area contributed by atoms with Crippen molar-refractivity contribution in [3.8, 4) is 0 Å². The Labute approximate surface area is 107 Å². The van der Waals surface area contributed by atoms with E-state index >= 15 is 0 Å². The monoisotopic (exact) mass is 246 g/mol. The Morgan fingerprint density at radius 2 is 2.22 bits per heavy atom. The highest BCUT2D eigenvalue weighted by atomic mass is 19.1. The first kappa shape index (κ1) is 10.7. The predicted molar refractivity (Wildman–Crippen MR) is 71.6 cm³/mol. The molecule has 1 saturated carbocycles. The Hall–Kier alpha value is -1.25. The van der Waals surface area contributed by atoms with Gasteiger partial charge in [-0.25, -0.2) is 4.39 Å². The summed E-state index contributed by atoms with van der Waals surface area (Å²) in [5, 5.41) is 3.43. The lowest BCUT2D eigenvalue weighted by molar-refractivity contribution is 0.429. The summed E-state index contributed by atoms with van der Waals surface area (Å²) in [6.07, 6.45) is 4.16. The number of nitrogens with zero attached hydrogens (tertiary/aromatic N) is 1. The van der Waals surface area contributed by atoms with Crippen molar-refractivity contribution < 1.29 is 4.39 Å². The molecular formula is C15H19FN2. The smallest absolute Gasteiger partial charge is 0.128 e. The van der Waals surface area contributed by atoms with Crippen LogP contribution in [0.4, 0.5) is 15.8 Å². The number of benzene rings is 1. The van der Waals surface area contributed by atoms with Crippen LogP contribution in [0.1, 0.15) is 24.8 Å². The fourth-order valence-electron chi connectivity index (χ4n) is 4.22. The van der Waals surface area contributed by atoms with Crippen molar-refractivity contribution in [1.29, 1.82) is 0 Å². The molecule has 4 rings (SSSR count). The number of nitrogens with one attached hydrogen (secondary N) is 1. The Morgan fingerprint density at radius 3 is 3.11 bits per heavy atom. The van der Waals surface area contributed by atoms with Gasteiger partial charge in [0.2, 0.25) is 0 Å². The molecule has 0 aromatic heterocycles. The number of anilines is 2. The van der Waals surface area contributed by atoms with Crippen molar-refractivity contribution in [2.45, 2.75) is 32.2 Å². The lowest BCUT2D eigenvalue weighted by Gasteiger charge is -2.37. The van der Waals surface area contributed by atoms with Gasteiger partial charge in [-0.05, 0) is 49.3 Å². The maximum absolute atomic E-state index is 13.6. The predicted octanol–water partition coefficient (Wildman–Crippen LogP) is 3.16. The molecule has 3 heteroatoms. The van der Waals surface area contributed by atoms with Gasteiger partial charge in [-0.3, -0.25) is 0 Å². The highest BCUT2D eigenvalue weighted by molar-refractivity contribution is 5.74. The fourth-order valence-corrected chi connectivity index (χ4v) is 4.22. The average molecular weight is 246 g/mol. The molecule has 0 spiro atoms. The standard InChI is InChI=1S/C15H19FN2/c1-9-5-14-13(6-12(9)16)17-7-15-11-4-2-3-10(11)8-18(14)15/h5-6,10-11,15,17H,2-4,7-8H2,1H3. The van der Waals surface area contributed by atoms with Crippen molar-refractivity contribution in [3.05, 3.63) is 23.5 Å². The van der Waals surface area contributed by atoms with Crippen molar-refractivity contribution >= 4 is 11.4 Å². The highest BCUT2D eigenvalue weighted by Gasteiger charge is 2.45. The van der Waals surface area contributed by atoms with Gasteiger partial charge < -0.3 is 10.2 Å². The maximum atomic E-state index is 13.6.